The third-order valence-electron chi connectivity index (χ3n) is 1.10. The van der Waals surface area contributed by atoms with Gasteiger partial charge in [0.1, 0.15) is 0 Å². The predicted molar refractivity (Wildman–Crippen MR) is 44.3 cm³/mol. The first kappa shape index (κ1) is 10.2. The fourth-order valence-electron chi connectivity index (χ4n) is 0.607. The topological polar surface area (TPSA) is 38.3 Å². The first-order valence-electron chi connectivity index (χ1n) is 3.78. The average Bonchev–Trinajstić information content (AvgIpc) is 1.99. The zero-order valence-electron chi connectivity index (χ0n) is 6.93. The zero-order valence-corrected chi connectivity index (χ0v) is 6.93. The lowest BCUT2D eigenvalue weighted by molar-refractivity contribution is -0.141. The Morgan fingerprint density at radius 3 is 3.00 bits per heavy atom. The molecule has 0 heterocycles. The number of esters is 1. The second-order valence-corrected chi connectivity index (χ2v) is 2.06. The molecule has 0 aromatic heterocycles. The van der Waals surface area contributed by atoms with Gasteiger partial charge in [-0.2, -0.15) is 0 Å². The third-order valence-corrected chi connectivity index (χ3v) is 1.10. The largest absolute Gasteiger partial charge is 0.465 e. The minimum absolute atomic E-state index is 0.198. The van der Waals surface area contributed by atoms with E-state index in [0.29, 0.717) is 13.2 Å². The molecule has 0 saturated heterocycles. The molecule has 64 valence electrons. The van der Waals surface area contributed by atoms with Gasteiger partial charge in [0.05, 0.1) is 13.2 Å². The van der Waals surface area contributed by atoms with Crippen molar-refractivity contribution in [3.8, 4) is 0 Å². The molecule has 0 aliphatic carbocycles. The molecular formula is C8H15NO2. The van der Waals surface area contributed by atoms with Gasteiger partial charge in [-0.05, 0) is 19.9 Å². The summed E-state index contributed by atoms with van der Waals surface area (Å²) in [6.07, 6.45) is 2.68. The number of rotatable bonds is 6. The van der Waals surface area contributed by atoms with Crippen molar-refractivity contribution in [2.45, 2.75) is 13.3 Å². The van der Waals surface area contributed by atoms with Crippen molar-refractivity contribution in [2.24, 2.45) is 0 Å². The second kappa shape index (κ2) is 7.28. The van der Waals surface area contributed by atoms with Crippen LogP contribution in [0.3, 0.4) is 0 Å². The summed E-state index contributed by atoms with van der Waals surface area (Å²) in [4.78, 5) is 10.7. The molecule has 0 aliphatic rings. The maximum Gasteiger partial charge on any atom is 0.319 e. The van der Waals surface area contributed by atoms with E-state index in [1.165, 1.54) is 0 Å². The van der Waals surface area contributed by atoms with E-state index in [4.69, 9.17) is 4.74 Å². The fourth-order valence-corrected chi connectivity index (χ4v) is 0.607. The van der Waals surface area contributed by atoms with Crippen molar-refractivity contribution in [1.82, 2.24) is 5.32 Å². The monoisotopic (exact) mass is 157 g/mol. The Morgan fingerprint density at radius 2 is 2.45 bits per heavy atom. The van der Waals surface area contributed by atoms with Crippen LogP contribution in [0.5, 0.6) is 0 Å². The molecule has 0 amide bonds. The molecule has 0 fully saturated rings. The predicted octanol–water partition coefficient (Wildman–Crippen LogP) is 0.715. The lowest BCUT2D eigenvalue weighted by atomic mass is 10.4. The van der Waals surface area contributed by atoms with Gasteiger partial charge < -0.3 is 10.1 Å². The fraction of sp³-hybridized carbons (Fsp3) is 0.625. The zero-order chi connectivity index (χ0) is 8.53. The minimum Gasteiger partial charge on any atom is -0.465 e. The van der Waals surface area contributed by atoms with Crippen LogP contribution in [0.4, 0.5) is 0 Å². The summed E-state index contributed by atoms with van der Waals surface area (Å²) >= 11 is 0. The first-order chi connectivity index (χ1) is 5.31. The minimum atomic E-state index is -0.198. The van der Waals surface area contributed by atoms with Crippen LogP contribution in [0.1, 0.15) is 13.3 Å². The van der Waals surface area contributed by atoms with E-state index in [9.17, 15) is 4.79 Å². The highest BCUT2D eigenvalue weighted by Crippen LogP contribution is 1.77. The smallest absolute Gasteiger partial charge is 0.319 e. The highest BCUT2D eigenvalue weighted by molar-refractivity contribution is 5.71. The molecule has 11 heavy (non-hydrogen) atoms. The van der Waals surface area contributed by atoms with Crippen LogP contribution in [0.2, 0.25) is 0 Å². The lowest BCUT2D eigenvalue weighted by Crippen LogP contribution is -2.25. The summed E-state index contributed by atoms with van der Waals surface area (Å²) in [5, 5.41) is 2.93. The van der Waals surface area contributed by atoms with E-state index >= 15 is 0 Å². The number of hydrogen-bond donors (Lipinski definition) is 1. The Labute approximate surface area is 67.4 Å². The highest BCUT2D eigenvalue weighted by atomic mass is 16.5. The van der Waals surface area contributed by atoms with Crippen LogP contribution >= 0.6 is 0 Å². The van der Waals surface area contributed by atoms with Crippen molar-refractivity contribution in [1.29, 1.82) is 0 Å². The Bertz CT molecular complexity index is 123. The van der Waals surface area contributed by atoms with Crippen LogP contribution in [0.15, 0.2) is 12.7 Å². The molecule has 0 radical (unpaired) electrons. The van der Waals surface area contributed by atoms with Crippen molar-refractivity contribution < 1.29 is 9.53 Å². The molecule has 0 bridgehead atoms. The Balaban J connectivity index is 3.10. The molecule has 0 rings (SSSR count). The van der Waals surface area contributed by atoms with Gasteiger partial charge in [0, 0.05) is 0 Å². The summed E-state index contributed by atoms with van der Waals surface area (Å²) in [5.41, 5.74) is 0. The summed E-state index contributed by atoms with van der Waals surface area (Å²) in [6.45, 7) is 6.87. The third kappa shape index (κ3) is 7.06. The van der Waals surface area contributed by atoms with E-state index in [1.807, 2.05) is 0 Å². The number of hydrogen-bond acceptors (Lipinski definition) is 3. The molecule has 0 saturated carbocycles. The second-order valence-electron chi connectivity index (χ2n) is 2.06. The molecule has 1 N–H and O–H groups in total. The molecule has 0 aliphatic heterocycles. The van der Waals surface area contributed by atoms with Crippen LogP contribution in [-0.4, -0.2) is 25.7 Å². The van der Waals surface area contributed by atoms with E-state index in [2.05, 4.69) is 11.9 Å². The average molecular weight is 157 g/mol. The van der Waals surface area contributed by atoms with E-state index in [0.717, 1.165) is 13.0 Å². The summed E-state index contributed by atoms with van der Waals surface area (Å²) in [5.74, 6) is -0.198. The number of carbonyl (C=O) groups excluding carboxylic acids is 1. The van der Waals surface area contributed by atoms with Crippen molar-refractivity contribution >= 4 is 5.97 Å². The molecule has 0 unspecified atom stereocenters. The maximum atomic E-state index is 10.7. The summed E-state index contributed by atoms with van der Waals surface area (Å²) < 4.78 is 4.69. The van der Waals surface area contributed by atoms with Crippen LogP contribution in [0, 0.1) is 0 Å². The van der Waals surface area contributed by atoms with Gasteiger partial charge in [-0.1, -0.05) is 6.08 Å². The van der Waals surface area contributed by atoms with Gasteiger partial charge in [-0.15, -0.1) is 6.58 Å². The van der Waals surface area contributed by atoms with Crippen LogP contribution in [-0.2, 0) is 9.53 Å². The number of nitrogens with one attached hydrogen (secondary N) is 1. The van der Waals surface area contributed by atoms with Gasteiger partial charge in [0.15, 0.2) is 0 Å². The maximum absolute atomic E-state index is 10.7. The number of ether oxygens (including phenoxy) is 1. The van der Waals surface area contributed by atoms with Crippen LogP contribution < -0.4 is 5.32 Å². The molecule has 0 spiro atoms. The van der Waals surface area contributed by atoms with Gasteiger partial charge in [0.25, 0.3) is 0 Å². The Kier molecular flexibility index (Phi) is 6.73. The lowest BCUT2D eigenvalue weighted by Gasteiger charge is -2.01. The summed E-state index contributed by atoms with van der Waals surface area (Å²) in [6, 6.07) is 0. The standard InChI is InChI=1S/C8H15NO2/c1-3-5-6-9-7-8(10)11-4-2/h3,9H,1,4-7H2,2H3. The molecule has 0 aromatic rings. The Morgan fingerprint density at radius 1 is 1.73 bits per heavy atom. The molecule has 0 aromatic carbocycles. The van der Waals surface area contributed by atoms with E-state index in [1.54, 1.807) is 13.0 Å². The van der Waals surface area contributed by atoms with E-state index in [-0.39, 0.29) is 5.97 Å². The highest BCUT2D eigenvalue weighted by Gasteiger charge is 1.97. The number of carbonyl (C=O) groups is 1. The molecule has 3 nitrogen and oxygen atoms in total. The van der Waals surface area contributed by atoms with Crippen molar-refractivity contribution in [3.63, 3.8) is 0 Å². The van der Waals surface area contributed by atoms with Gasteiger partial charge >= 0.3 is 5.97 Å². The quantitative estimate of drug-likeness (QED) is 0.350. The first-order valence-corrected chi connectivity index (χ1v) is 3.78. The molecular weight excluding hydrogens is 142 g/mol. The van der Waals surface area contributed by atoms with Crippen molar-refractivity contribution in [3.05, 3.63) is 12.7 Å². The summed E-state index contributed by atoms with van der Waals surface area (Å²) in [7, 11) is 0. The van der Waals surface area contributed by atoms with Crippen molar-refractivity contribution in [2.75, 3.05) is 19.7 Å². The van der Waals surface area contributed by atoms with Gasteiger partial charge in [-0.3, -0.25) is 4.79 Å². The molecule has 3 heteroatoms. The van der Waals surface area contributed by atoms with Gasteiger partial charge in [0.2, 0.25) is 0 Å². The van der Waals surface area contributed by atoms with E-state index < -0.39 is 0 Å². The SMILES string of the molecule is C=CCCNCC(=O)OCC. The van der Waals surface area contributed by atoms with Gasteiger partial charge in [-0.25, -0.2) is 0 Å². The molecule has 0 atom stereocenters. The van der Waals surface area contributed by atoms with Crippen LogP contribution in [0.25, 0.3) is 0 Å². The normalized spacial score (nSPS) is 9.18. The Hall–Kier alpha value is -0.830.